The quantitative estimate of drug-likeness (QED) is 0.861. The molecule has 1 fully saturated rings. The maximum absolute atomic E-state index is 14.0. The zero-order chi connectivity index (χ0) is 13.7. The second-order valence-corrected chi connectivity index (χ2v) is 6.51. The Hall–Kier alpha value is -1.14. The van der Waals surface area contributed by atoms with Crippen molar-refractivity contribution in [2.24, 2.45) is 10.9 Å². The molecule has 0 saturated heterocycles. The summed E-state index contributed by atoms with van der Waals surface area (Å²) >= 11 is 1.56. The molecule has 1 aromatic rings. The van der Waals surface area contributed by atoms with Gasteiger partial charge in [0.25, 0.3) is 0 Å². The molecule has 0 aromatic carbocycles. The number of nitrogens with two attached hydrogens (primary N) is 1. The third kappa shape index (κ3) is 1.85. The maximum Gasteiger partial charge on any atom is 0.218 e. The number of methoxy groups -OCH3 is 1. The van der Waals surface area contributed by atoms with Crippen LogP contribution in [-0.4, -0.2) is 29.0 Å². The van der Waals surface area contributed by atoms with E-state index >= 15 is 0 Å². The minimum Gasteiger partial charge on any atom is -0.397 e. The SMILES string of the molecule is COC[C@]12C[C@H]1[C@@](C)(c1cc(N)cnc1F)N=[C]S2. The van der Waals surface area contributed by atoms with E-state index in [1.54, 1.807) is 24.9 Å². The summed E-state index contributed by atoms with van der Waals surface area (Å²) in [5, 5.41) is 0. The number of aromatic nitrogens is 1. The van der Waals surface area contributed by atoms with E-state index in [-0.39, 0.29) is 10.7 Å². The van der Waals surface area contributed by atoms with Gasteiger partial charge in [0, 0.05) is 18.6 Å². The molecule has 2 N–H and O–H groups in total. The summed E-state index contributed by atoms with van der Waals surface area (Å²) in [6, 6.07) is 1.62. The Morgan fingerprint density at radius 1 is 1.68 bits per heavy atom. The van der Waals surface area contributed by atoms with Gasteiger partial charge in [-0.05, 0) is 19.4 Å². The van der Waals surface area contributed by atoms with Gasteiger partial charge in [-0.1, -0.05) is 11.8 Å². The molecule has 0 amide bonds. The van der Waals surface area contributed by atoms with Crippen molar-refractivity contribution in [3.63, 3.8) is 0 Å². The zero-order valence-corrected chi connectivity index (χ0v) is 11.6. The smallest absolute Gasteiger partial charge is 0.218 e. The minimum atomic E-state index is -0.657. The van der Waals surface area contributed by atoms with Crippen LogP contribution in [0.3, 0.4) is 0 Å². The molecule has 2 aliphatic rings. The van der Waals surface area contributed by atoms with Crippen LogP contribution in [0.2, 0.25) is 0 Å². The monoisotopic (exact) mass is 280 g/mol. The number of hydrogen-bond acceptors (Lipinski definition) is 5. The first-order chi connectivity index (χ1) is 9.02. The Kier molecular flexibility index (Phi) is 2.83. The number of fused-ring (bicyclic) bond motifs is 1. The molecule has 19 heavy (non-hydrogen) atoms. The van der Waals surface area contributed by atoms with Gasteiger partial charge in [0.05, 0.1) is 28.8 Å². The van der Waals surface area contributed by atoms with Gasteiger partial charge in [0.2, 0.25) is 5.95 Å². The number of thioether (sulfide) groups is 1. The highest BCUT2D eigenvalue weighted by atomic mass is 32.2. The summed E-state index contributed by atoms with van der Waals surface area (Å²) in [5.41, 5.74) is 8.93. The van der Waals surface area contributed by atoms with Crippen molar-refractivity contribution in [2.75, 3.05) is 19.5 Å². The van der Waals surface area contributed by atoms with Crippen molar-refractivity contribution in [3.05, 3.63) is 23.8 Å². The summed E-state index contributed by atoms with van der Waals surface area (Å²) in [6.45, 7) is 2.54. The van der Waals surface area contributed by atoms with Gasteiger partial charge < -0.3 is 10.5 Å². The molecule has 3 atom stereocenters. The van der Waals surface area contributed by atoms with E-state index in [2.05, 4.69) is 15.5 Å². The summed E-state index contributed by atoms with van der Waals surface area (Å²) < 4.78 is 19.3. The number of nitrogens with zero attached hydrogens (tertiary/aromatic N) is 2. The van der Waals surface area contributed by atoms with Gasteiger partial charge in [0.1, 0.15) is 5.55 Å². The third-order valence-electron chi connectivity index (χ3n) is 4.02. The van der Waals surface area contributed by atoms with Crippen molar-refractivity contribution in [1.82, 2.24) is 4.98 Å². The van der Waals surface area contributed by atoms with E-state index in [1.807, 2.05) is 6.92 Å². The van der Waals surface area contributed by atoms with Crippen molar-refractivity contribution in [1.29, 1.82) is 0 Å². The van der Waals surface area contributed by atoms with E-state index in [0.29, 0.717) is 17.9 Å². The van der Waals surface area contributed by atoms with Gasteiger partial charge >= 0.3 is 0 Å². The molecule has 101 valence electrons. The normalized spacial score (nSPS) is 36.1. The number of aliphatic imine (C=N–C) groups is 1. The molecule has 4 nitrogen and oxygen atoms in total. The molecule has 0 unspecified atom stereocenters. The first-order valence-electron chi connectivity index (χ1n) is 6.07. The van der Waals surface area contributed by atoms with Crippen molar-refractivity contribution in [2.45, 2.75) is 23.6 Å². The lowest BCUT2D eigenvalue weighted by Crippen LogP contribution is -2.33. The number of pyridine rings is 1. The second-order valence-electron chi connectivity index (χ2n) is 5.31. The summed E-state index contributed by atoms with van der Waals surface area (Å²) in [4.78, 5) is 8.11. The first-order valence-corrected chi connectivity index (χ1v) is 6.89. The van der Waals surface area contributed by atoms with Crippen LogP contribution in [-0.2, 0) is 10.3 Å². The van der Waals surface area contributed by atoms with Crippen LogP contribution in [0.5, 0.6) is 0 Å². The number of ether oxygens (including phenoxy) is 1. The highest BCUT2D eigenvalue weighted by Gasteiger charge is 2.65. The van der Waals surface area contributed by atoms with Crippen LogP contribution < -0.4 is 5.73 Å². The molecule has 0 spiro atoms. The highest BCUT2D eigenvalue weighted by Crippen LogP contribution is 2.65. The lowest BCUT2D eigenvalue weighted by Gasteiger charge is -2.31. The molecule has 1 radical (unpaired) electrons. The molecule has 1 aromatic heterocycles. The summed E-state index contributed by atoms with van der Waals surface area (Å²) in [7, 11) is 1.68. The topological polar surface area (TPSA) is 60.5 Å². The van der Waals surface area contributed by atoms with Crippen LogP contribution in [0.1, 0.15) is 18.9 Å². The van der Waals surface area contributed by atoms with E-state index < -0.39 is 11.5 Å². The lowest BCUT2D eigenvalue weighted by molar-refractivity contribution is 0.184. The van der Waals surface area contributed by atoms with Crippen LogP contribution in [0.15, 0.2) is 17.3 Å². The van der Waals surface area contributed by atoms with Crippen molar-refractivity contribution in [3.8, 4) is 0 Å². The first kappa shape index (κ1) is 12.9. The Labute approximate surface area is 115 Å². The van der Waals surface area contributed by atoms with Crippen LogP contribution in [0.25, 0.3) is 0 Å². The van der Waals surface area contributed by atoms with Gasteiger partial charge in [-0.3, -0.25) is 4.99 Å². The highest BCUT2D eigenvalue weighted by molar-refractivity contribution is 8.13. The average molecular weight is 280 g/mol. The summed E-state index contributed by atoms with van der Waals surface area (Å²) in [5.74, 6) is -0.281. The molecular formula is C13H15FN3OS. The van der Waals surface area contributed by atoms with E-state index in [4.69, 9.17) is 10.5 Å². The number of hydrogen-bond donors (Lipinski definition) is 1. The number of anilines is 1. The fraction of sp³-hybridized carbons (Fsp3) is 0.538. The largest absolute Gasteiger partial charge is 0.397 e. The molecule has 3 rings (SSSR count). The van der Waals surface area contributed by atoms with Crippen molar-refractivity contribution >= 4 is 23.0 Å². The van der Waals surface area contributed by atoms with Gasteiger partial charge in [-0.15, -0.1) is 0 Å². The predicted molar refractivity (Wildman–Crippen MR) is 73.7 cm³/mol. The Bertz CT molecular complexity index is 553. The zero-order valence-electron chi connectivity index (χ0n) is 10.8. The number of halogens is 1. The predicted octanol–water partition coefficient (Wildman–Crippen LogP) is 2.08. The van der Waals surface area contributed by atoms with Crippen LogP contribution in [0.4, 0.5) is 10.1 Å². The number of rotatable bonds is 3. The minimum absolute atomic E-state index is 0.0255. The average Bonchev–Trinajstić information content (AvgIpc) is 3.09. The van der Waals surface area contributed by atoms with Gasteiger partial charge in [-0.2, -0.15) is 4.39 Å². The van der Waals surface area contributed by atoms with E-state index in [0.717, 1.165) is 6.42 Å². The summed E-state index contributed by atoms with van der Waals surface area (Å²) in [6.07, 6.45) is 2.26. The van der Waals surface area contributed by atoms with Gasteiger partial charge in [0.15, 0.2) is 0 Å². The second kappa shape index (κ2) is 4.18. The fourth-order valence-electron chi connectivity index (χ4n) is 2.90. The number of nitrogen functional groups attached to an aromatic ring is 1. The van der Waals surface area contributed by atoms with Crippen molar-refractivity contribution < 1.29 is 9.13 Å². The Morgan fingerprint density at radius 3 is 3.21 bits per heavy atom. The Morgan fingerprint density at radius 2 is 2.47 bits per heavy atom. The molecular weight excluding hydrogens is 265 g/mol. The Balaban J connectivity index is 2.02. The molecule has 2 heterocycles. The molecule has 0 bridgehead atoms. The third-order valence-corrected chi connectivity index (χ3v) is 5.18. The standard InChI is InChI=1S/C13H15FN3OS/c1-12(9-3-8(15)5-16-11(9)14)10-4-13(10,6-18-2)19-7-17-12/h3,5,10H,4,6,15H2,1-2H3/t10-,12+,13+/m0/s1. The van der Waals surface area contributed by atoms with Gasteiger partial charge in [-0.25, -0.2) is 4.98 Å². The van der Waals surface area contributed by atoms with E-state index in [1.165, 1.54) is 6.20 Å². The van der Waals surface area contributed by atoms with Crippen LogP contribution >= 0.6 is 11.8 Å². The molecule has 1 aliphatic heterocycles. The van der Waals surface area contributed by atoms with Crippen LogP contribution in [0, 0.1) is 11.9 Å². The lowest BCUT2D eigenvalue weighted by atomic mass is 9.87. The molecule has 1 aliphatic carbocycles. The fourth-order valence-corrected chi connectivity index (χ4v) is 4.11. The molecule has 6 heteroatoms. The molecule has 1 saturated carbocycles. The van der Waals surface area contributed by atoms with E-state index in [9.17, 15) is 4.39 Å². The maximum atomic E-state index is 14.0.